The minimum Gasteiger partial charge on any atom is -0.493 e. The second-order valence-electron chi connectivity index (χ2n) is 7.91. The molecular weight excluding hydrogens is 430 g/mol. The fourth-order valence-electron chi connectivity index (χ4n) is 4.47. The van der Waals surface area contributed by atoms with Crippen LogP contribution in [0.15, 0.2) is 12.4 Å². The maximum Gasteiger partial charge on any atom is 0.164 e. The van der Waals surface area contributed by atoms with Crippen molar-refractivity contribution in [3.8, 4) is 11.8 Å². The number of halogens is 1. The smallest absolute Gasteiger partial charge is 0.164 e. The fourth-order valence-corrected chi connectivity index (χ4v) is 4.74. The van der Waals surface area contributed by atoms with Gasteiger partial charge in [0.05, 0.1) is 34.3 Å². The lowest BCUT2D eigenvalue weighted by molar-refractivity contribution is 0.211. The highest BCUT2D eigenvalue weighted by molar-refractivity contribution is 6.32. The molecule has 4 rings (SSSR count). The molecule has 3 atom stereocenters. The molecule has 1 saturated heterocycles. The molecule has 1 aliphatic rings. The predicted octanol–water partition coefficient (Wildman–Crippen LogP) is 2.69. The number of benzene rings is 1. The second kappa shape index (κ2) is 8.90. The Morgan fingerprint density at radius 3 is 2.88 bits per heavy atom. The first kappa shape index (κ1) is 22.3. The molecule has 0 spiro atoms. The SMILES string of the molecule is CCOc1c(C(C)n2nc(C)c3c(N)ncnc32)cc(Cl)c(C#N)c1C1CN[C@@H]1CCO. The summed E-state index contributed by atoms with van der Waals surface area (Å²) in [7, 11) is 0. The topological polar surface area (TPSA) is 135 Å². The first-order valence-corrected chi connectivity index (χ1v) is 11.0. The van der Waals surface area contributed by atoms with Gasteiger partial charge in [0.15, 0.2) is 5.65 Å². The number of nitrogens with one attached hydrogen (secondary N) is 1. The lowest BCUT2D eigenvalue weighted by Crippen LogP contribution is -2.51. The highest BCUT2D eigenvalue weighted by Gasteiger charge is 2.37. The Morgan fingerprint density at radius 2 is 2.25 bits per heavy atom. The van der Waals surface area contributed by atoms with Crippen molar-refractivity contribution < 1.29 is 9.84 Å². The molecule has 0 amide bonds. The third-order valence-electron chi connectivity index (χ3n) is 6.10. The summed E-state index contributed by atoms with van der Waals surface area (Å²) in [5.41, 5.74) is 9.42. The number of rotatable bonds is 7. The van der Waals surface area contributed by atoms with E-state index < -0.39 is 0 Å². The van der Waals surface area contributed by atoms with E-state index in [2.05, 4.69) is 26.5 Å². The summed E-state index contributed by atoms with van der Waals surface area (Å²) < 4.78 is 7.92. The van der Waals surface area contributed by atoms with E-state index in [1.165, 1.54) is 6.33 Å². The number of fused-ring (bicyclic) bond motifs is 1. The van der Waals surface area contributed by atoms with Crippen molar-refractivity contribution in [3.05, 3.63) is 39.8 Å². The standard InChI is InChI=1S/C22H26ClN7O2/c1-4-32-20-13(12(3)30-22-18(11(2)29-30)21(25)27-10-28-22)7-16(23)14(8-24)19(20)15-9-26-17(15)5-6-31/h7,10,12,15,17,26,31H,4-6,9H2,1-3H3,(H2,25,27,28)/t12?,15?,17-/m1/s1. The molecule has 3 aromatic rings. The zero-order valence-corrected chi connectivity index (χ0v) is 19.0. The molecule has 9 nitrogen and oxygen atoms in total. The Labute approximate surface area is 191 Å². The van der Waals surface area contributed by atoms with Gasteiger partial charge < -0.3 is 20.9 Å². The normalized spacial score (nSPS) is 18.9. The average Bonchev–Trinajstić information content (AvgIpc) is 3.10. The van der Waals surface area contributed by atoms with Crippen LogP contribution in [0.3, 0.4) is 0 Å². The largest absolute Gasteiger partial charge is 0.493 e. The third-order valence-corrected chi connectivity index (χ3v) is 6.40. The van der Waals surface area contributed by atoms with Crippen LogP contribution in [0, 0.1) is 18.3 Å². The second-order valence-corrected chi connectivity index (χ2v) is 8.31. The zero-order valence-electron chi connectivity index (χ0n) is 18.3. The molecule has 2 unspecified atom stereocenters. The van der Waals surface area contributed by atoms with Crippen molar-refractivity contribution in [1.82, 2.24) is 25.1 Å². The van der Waals surface area contributed by atoms with Gasteiger partial charge in [0.25, 0.3) is 0 Å². The number of hydrogen-bond donors (Lipinski definition) is 3. The lowest BCUT2D eigenvalue weighted by atomic mass is 9.79. The molecule has 4 N–H and O–H groups in total. The van der Waals surface area contributed by atoms with E-state index in [1.807, 2.05) is 20.8 Å². The van der Waals surface area contributed by atoms with Gasteiger partial charge in [0, 0.05) is 36.2 Å². The summed E-state index contributed by atoms with van der Waals surface area (Å²) in [5, 5.41) is 28.4. The van der Waals surface area contributed by atoms with Gasteiger partial charge in [-0.2, -0.15) is 10.4 Å². The number of nitrogens with two attached hydrogens (primary N) is 1. The van der Waals surface area contributed by atoms with E-state index in [4.69, 9.17) is 22.1 Å². The van der Waals surface area contributed by atoms with E-state index >= 15 is 0 Å². The highest BCUT2D eigenvalue weighted by Crippen LogP contribution is 2.44. The summed E-state index contributed by atoms with van der Waals surface area (Å²) in [5.74, 6) is 1.03. The number of hydrogen-bond acceptors (Lipinski definition) is 8. The van der Waals surface area contributed by atoms with Gasteiger partial charge >= 0.3 is 0 Å². The summed E-state index contributed by atoms with van der Waals surface area (Å²) in [6, 6.07) is 3.79. The molecule has 1 aromatic carbocycles. The first-order chi connectivity index (χ1) is 15.4. The maximum atomic E-state index is 9.89. The number of aliphatic hydroxyl groups is 1. The average molecular weight is 456 g/mol. The van der Waals surface area contributed by atoms with Crippen molar-refractivity contribution in [2.24, 2.45) is 0 Å². The van der Waals surface area contributed by atoms with Gasteiger partial charge in [0.1, 0.15) is 24.0 Å². The Hall–Kier alpha value is -2.93. The molecule has 10 heteroatoms. The minimum absolute atomic E-state index is 0.0112. The van der Waals surface area contributed by atoms with Crippen LogP contribution in [-0.2, 0) is 0 Å². The molecule has 168 valence electrons. The van der Waals surface area contributed by atoms with Gasteiger partial charge in [-0.1, -0.05) is 11.6 Å². The molecule has 0 bridgehead atoms. The summed E-state index contributed by atoms with van der Waals surface area (Å²) in [6.45, 7) is 6.93. The van der Waals surface area contributed by atoms with Gasteiger partial charge in [-0.3, -0.25) is 0 Å². The quantitative estimate of drug-likeness (QED) is 0.494. The van der Waals surface area contributed by atoms with Gasteiger partial charge in [-0.05, 0) is 33.3 Å². The van der Waals surface area contributed by atoms with Crippen LogP contribution in [0.1, 0.15) is 54.6 Å². The molecule has 3 heterocycles. The molecule has 1 fully saturated rings. The van der Waals surface area contributed by atoms with Crippen LogP contribution < -0.4 is 15.8 Å². The summed E-state index contributed by atoms with van der Waals surface area (Å²) >= 11 is 6.61. The molecule has 0 saturated carbocycles. The van der Waals surface area contributed by atoms with Crippen LogP contribution in [0.2, 0.25) is 5.02 Å². The van der Waals surface area contributed by atoms with Crippen molar-refractivity contribution in [2.45, 2.75) is 45.2 Å². The first-order valence-electron chi connectivity index (χ1n) is 10.6. The fraction of sp³-hybridized carbons (Fsp3) is 0.455. The van der Waals surface area contributed by atoms with Gasteiger partial charge in [-0.25, -0.2) is 14.6 Å². The number of ether oxygens (including phenoxy) is 1. The predicted molar refractivity (Wildman–Crippen MR) is 122 cm³/mol. The van der Waals surface area contributed by atoms with E-state index in [0.717, 1.165) is 16.8 Å². The summed E-state index contributed by atoms with van der Waals surface area (Å²) in [4.78, 5) is 8.49. The zero-order chi connectivity index (χ0) is 23.0. The van der Waals surface area contributed by atoms with Gasteiger partial charge in [-0.15, -0.1) is 0 Å². The van der Waals surface area contributed by atoms with Crippen LogP contribution in [0.25, 0.3) is 11.0 Å². The lowest BCUT2D eigenvalue weighted by Gasteiger charge is -2.40. The van der Waals surface area contributed by atoms with E-state index in [0.29, 0.717) is 52.8 Å². The maximum absolute atomic E-state index is 9.89. The molecule has 1 aliphatic heterocycles. The number of anilines is 1. The van der Waals surface area contributed by atoms with Crippen molar-refractivity contribution in [3.63, 3.8) is 0 Å². The minimum atomic E-state index is -0.296. The van der Waals surface area contributed by atoms with E-state index in [9.17, 15) is 10.4 Å². The van der Waals surface area contributed by atoms with Crippen LogP contribution in [0.5, 0.6) is 5.75 Å². The molecular formula is C22H26ClN7O2. The highest BCUT2D eigenvalue weighted by atomic mass is 35.5. The van der Waals surface area contributed by atoms with Crippen molar-refractivity contribution in [1.29, 1.82) is 5.26 Å². The van der Waals surface area contributed by atoms with Crippen LogP contribution >= 0.6 is 11.6 Å². The van der Waals surface area contributed by atoms with Crippen molar-refractivity contribution >= 4 is 28.5 Å². The molecule has 0 radical (unpaired) electrons. The van der Waals surface area contributed by atoms with Gasteiger partial charge in [0.2, 0.25) is 0 Å². The Balaban J connectivity index is 1.92. The Bertz CT molecular complexity index is 1200. The molecule has 32 heavy (non-hydrogen) atoms. The Kier molecular flexibility index (Phi) is 6.20. The Morgan fingerprint density at radius 1 is 1.47 bits per heavy atom. The number of aryl methyl sites for hydroxylation is 1. The van der Waals surface area contributed by atoms with E-state index in [1.54, 1.807) is 10.7 Å². The number of nitrogen functional groups attached to an aromatic ring is 1. The summed E-state index contributed by atoms with van der Waals surface area (Å²) in [6.07, 6.45) is 2.00. The van der Waals surface area contributed by atoms with Crippen LogP contribution in [-0.4, -0.2) is 50.7 Å². The monoisotopic (exact) mass is 455 g/mol. The number of nitrogens with zero attached hydrogens (tertiary/aromatic N) is 5. The van der Waals surface area contributed by atoms with Crippen molar-refractivity contribution in [2.75, 3.05) is 25.5 Å². The number of nitriles is 1. The molecule has 0 aliphatic carbocycles. The number of aliphatic hydroxyl groups excluding tert-OH is 1. The third kappa shape index (κ3) is 3.54. The van der Waals surface area contributed by atoms with E-state index in [-0.39, 0.29) is 24.6 Å². The molecule has 2 aromatic heterocycles. The number of aromatic nitrogens is 4. The van der Waals surface area contributed by atoms with Crippen LogP contribution in [0.4, 0.5) is 5.82 Å².